The molecule has 0 rings (SSSR count). The lowest BCUT2D eigenvalue weighted by Gasteiger charge is -2.24. The van der Waals surface area contributed by atoms with Crippen molar-refractivity contribution in [2.45, 2.75) is 52.6 Å². The van der Waals surface area contributed by atoms with Gasteiger partial charge in [-0.1, -0.05) is 13.0 Å². The molecule has 0 aromatic rings. The lowest BCUT2D eigenvalue weighted by atomic mass is 9.97. The SMILES string of the molecule is C=C[C@H](C)CCCC(C)(C)OC(C)=O. The van der Waals surface area contributed by atoms with Crippen molar-refractivity contribution in [1.82, 2.24) is 0 Å². The molecule has 0 aliphatic carbocycles. The predicted molar refractivity (Wildman–Crippen MR) is 59.1 cm³/mol. The molecular weight excluding hydrogens is 176 g/mol. The van der Waals surface area contributed by atoms with E-state index in [-0.39, 0.29) is 11.6 Å². The lowest BCUT2D eigenvalue weighted by molar-refractivity contribution is -0.154. The Bertz CT molecular complexity index is 194. The molecule has 82 valence electrons. The minimum atomic E-state index is -0.327. The zero-order valence-electron chi connectivity index (χ0n) is 9.80. The second kappa shape index (κ2) is 5.84. The van der Waals surface area contributed by atoms with E-state index in [9.17, 15) is 4.79 Å². The van der Waals surface area contributed by atoms with Gasteiger partial charge in [0.2, 0.25) is 0 Å². The van der Waals surface area contributed by atoms with E-state index in [0.29, 0.717) is 5.92 Å². The first-order chi connectivity index (χ1) is 6.37. The van der Waals surface area contributed by atoms with Crippen LogP contribution < -0.4 is 0 Å². The maximum absolute atomic E-state index is 10.8. The van der Waals surface area contributed by atoms with Crippen LogP contribution in [0.25, 0.3) is 0 Å². The summed E-state index contributed by atoms with van der Waals surface area (Å²) in [6, 6.07) is 0. The molecule has 0 bridgehead atoms. The van der Waals surface area contributed by atoms with Crippen molar-refractivity contribution in [3.8, 4) is 0 Å². The molecule has 0 heterocycles. The smallest absolute Gasteiger partial charge is 0.303 e. The fourth-order valence-electron chi connectivity index (χ4n) is 1.41. The van der Waals surface area contributed by atoms with E-state index < -0.39 is 0 Å². The second-order valence-corrected chi connectivity index (χ2v) is 4.46. The summed E-state index contributed by atoms with van der Waals surface area (Å²) in [4.78, 5) is 10.8. The van der Waals surface area contributed by atoms with Crippen molar-refractivity contribution in [3.05, 3.63) is 12.7 Å². The third kappa shape index (κ3) is 6.70. The highest BCUT2D eigenvalue weighted by atomic mass is 16.6. The third-order valence-electron chi connectivity index (χ3n) is 2.26. The number of carbonyl (C=O) groups excluding carboxylic acids is 1. The average molecular weight is 198 g/mol. The van der Waals surface area contributed by atoms with E-state index in [2.05, 4.69) is 13.5 Å². The average Bonchev–Trinajstić information content (AvgIpc) is 2.01. The number of carbonyl (C=O) groups is 1. The van der Waals surface area contributed by atoms with Crippen LogP contribution in [-0.2, 0) is 9.53 Å². The van der Waals surface area contributed by atoms with Crippen molar-refractivity contribution in [3.63, 3.8) is 0 Å². The summed E-state index contributed by atoms with van der Waals surface area (Å²) in [5.41, 5.74) is -0.327. The largest absolute Gasteiger partial charge is 0.460 e. The van der Waals surface area contributed by atoms with Crippen LogP contribution in [0.15, 0.2) is 12.7 Å². The van der Waals surface area contributed by atoms with Crippen molar-refractivity contribution in [2.75, 3.05) is 0 Å². The monoisotopic (exact) mass is 198 g/mol. The van der Waals surface area contributed by atoms with E-state index >= 15 is 0 Å². The Labute approximate surface area is 87.3 Å². The van der Waals surface area contributed by atoms with Gasteiger partial charge in [0.25, 0.3) is 0 Å². The molecule has 0 aliphatic heterocycles. The van der Waals surface area contributed by atoms with Crippen molar-refractivity contribution < 1.29 is 9.53 Å². The second-order valence-electron chi connectivity index (χ2n) is 4.46. The van der Waals surface area contributed by atoms with Crippen molar-refractivity contribution in [1.29, 1.82) is 0 Å². The number of hydrogen-bond acceptors (Lipinski definition) is 2. The Morgan fingerprint density at radius 1 is 1.57 bits per heavy atom. The van der Waals surface area contributed by atoms with Gasteiger partial charge in [0, 0.05) is 6.92 Å². The van der Waals surface area contributed by atoms with E-state index in [1.54, 1.807) is 0 Å². The zero-order valence-corrected chi connectivity index (χ0v) is 9.80. The van der Waals surface area contributed by atoms with Gasteiger partial charge >= 0.3 is 5.97 Å². The van der Waals surface area contributed by atoms with Crippen LogP contribution in [0.1, 0.15) is 47.0 Å². The van der Waals surface area contributed by atoms with Gasteiger partial charge in [-0.2, -0.15) is 0 Å². The Kier molecular flexibility index (Phi) is 5.51. The highest BCUT2D eigenvalue weighted by Crippen LogP contribution is 2.20. The maximum atomic E-state index is 10.8. The van der Waals surface area contributed by atoms with Crippen LogP contribution >= 0.6 is 0 Å². The Hall–Kier alpha value is -0.790. The topological polar surface area (TPSA) is 26.3 Å². The highest BCUT2D eigenvalue weighted by molar-refractivity contribution is 5.66. The molecule has 0 spiro atoms. The van der Waals surface area contributed by atoms with Crippen LogP contribution in [0.2, 0.25) is 0 Å². The van der Waals surface area contributed by atoms with E-state index in [0.717, 1.165) is 19.3 Å². The molecule has 0 saturated heterocycles. The molecule has 0 saturated carbocycles. The molecule has 0 unspecified atom stereocenters. The summed E-state index contributed by atoms with van der Waals surface area (Å²) in [6.07, 6.45) is 5.03. The fourth-order valence-corrected chi connectivity index (χ4v) is 1.41. The van der Waals surface area contributed by atoms with Gasteiger partial charge in [-0.05, 0) is 39.0 Å². The molecule has 0 aliphatic rings. The molecule has 0 fully saturated rings. The van der Waals surface area contributed by atoms with Crippen LogP contribution in [-0.4, -0.2) is 11.6 Å². The predicted octanol–water partition coefficient (Wildman–Crippen LogP) is 3.32. The molecule has 0 radical (unpaired) electrons. The van der Waals surface area contributed by atoms with Crippen LogP contribution in [0.3, 0.4) is 0 Å². The van der Waals surface area contributed by atoms with Crippen LogP contribution in [0, 0.1) is 5.92 Å². The lowest BCUT2D eigenvalue weighted by Crippen LogP contribution is -2.26. The minimum Gasteiger partial charge on any atom is -0.460 e. The molecule has 1 atom stereocenters. The quantitative estimate of drug-likeness (QED) is 0.483. The summed E-state index contributed by atoms with van der Waals surface area (Å²) in [5, 5.41) is 0. The van der Waals surface area contributed by atoms with Gasteiger partial charge in [0.1, 0.15) is 5.60 Å². The molecule has 0 aromatic heterocycles. The van der Waals surface area contributed by atoms with Gasteiger partial charge in [0.05, 0.1) is 0 Å². The molecular formula is C12H22O2. The first kappa shape index (κ1) is 13.2. The zero-order chi connectivity index (χ0) is 11.2. The summed E-state index contributed by atoms with van der Waals surface area (Å²) in [6.45, 7) is 11.2. The first-order valence-electron chi connectivity index (χ1n) is 5.19. The Morgan fingerprint density at radius 3 is 2.57 bits per heavy atom. The summed E-state index contributed by atoms with van der Waals surface area (Å²) < 4.78 is 5.19. The third-order valence-corrected chi connectivity index (χ3v) is 2.26. The van der Waals surface area contributed by atoms with E-state index in [4.69, 9.17) is 4.74 Å². The fraction of sp³-hybridized carbons (Fsp3) is 0.750. The van der Waals surface area contributed by atoms with E-state index in [1.165, 1.54) is 6.92 Å². The van der Waals surface area contributed by atoms with Gasteiger partial charge in [0.15, 0.2) is 0 Å². The Balaban J connectivity index is 3.75. The number of esters is 1. The van der Waals surface area contributed by atoms with E-state index in [1.807, 2.05) is 19.9 Å². The van der Waals surface area contributed by atoms with Crippen LogP contribution in [0.5, 0.6) is 0 Å². The normalized spacial score (nSPS) is 13.4. The summed E-state index contributed by atoms with van der Waals surface area (Å²) in [5.74, 6) is 0.342. The Morgan fingerprint density at radius 2 is 2.14 bits per heavy atom. The summed E-state index contributed by atoms with van der Waals surface area (Å²) in [7, 11) is 0. The molecule has 14 heavy (non-hydrogen) atoms. The van der Waals surface area contributed by atoms with Gasteiger partial charge < -0.3 is 4.74 Å². The number of allylic oxidation sites excluding steroid dienone is 1. The molecule has 0 N–H and O–H groups in total. The maximum Gasteiger partial charge on any atom is 0.303 e. The standard InChI is InChI=1S/C12H22O2/c1-6-10(2)8-7-9-12(4,5)14-11(3)13/h6,10H,1,7-9H2,2-5H3/t10-/m0/s1. The van der Waals surface area contributed by atoms with Gasteiger partial charge in [-0.3, -0.25) is 4.79 Å². The number of ether oxygens (including phenoxy) is 1. The summed E-state index contributed by atoms with van der Waals surface area (Å²) >= 11 is 0. The van der Waals surface area contributed by atoms with Gasteiger partial charge in [-0.15, -0.1) is 6.58 Å². The minimum absolute atomic E-state index is 0.202. The first-order valence-corrected chi connectivity index (χ1v) is 5.19. The number of rotatable bonds is 6. The number of hydrogen-bond donors (Lipinski definition) is 0. The molecule has 2 nitrogen and oxygen atoms in total. The molecule has 2 heteroatoms. The van der Waals surface area contributed by atoms with Crippen molar-refractivity contribution >= 4 is 5.97 Å². The highest BCUT2D eigenvalue weighted by Gasteiger charge is 2.20. The van der Waals surface area contributed by atoms with Crippen LogP contribution in [0.4, 0.5) is 0 Å². The molecule has 0 aromatic carbocycles. The van der Waals surface area contributed by atoms with Crippen molar-refractivity contribution in [2.24, 2.45) is 5.92 Å². The van der Waals surface area contributed by atoms with Gasteiger partial charge in [-0.25, -0.2) is 0 Å². The molecule has 0 amide bonds.